The van der Waals surface area contributed by atoms with E-state index in [1.165, 1.54) is 18.4 Å². The molecule has 0 aromatic heterocycles. The molecule has 3 aliphatic carbocycles. The molecular weight excluding hydrogens is 132 g/mol. The molecule has 3 rings (SSSR count). The molecule has 2 bridgehead atoms. The molecule has 0 heteroatoms. The topological polar surface area (TPSA) is 0 Å². The van der Waals surface area contributed by atoms with Crippen LogP contribution in [-0.2, 0) is 0 Å². The van der Waals surface area contributed by atoms with Crippen molar-refractivity contribution in [2.24, 2.45) is 23.2 Å². The first-order valence-electron chi connectivity index (χ1n) is 4.72. The first-order chi connectivity index (χ1) is 5.03. The van der Waals surface area contributed by atoms with E-state index in [9.17, 15) is 0 Å². The summed E-state index contributed by atoms with van der Waals surface area (Å²) in [6, 6.07) is 0. The summed E-state index contributed by atoms with van der Waals surface area (Å²) in [4.78, 5) is 0. The molecule has 62 valence electrons. The molecule has 0 radical (unpaired) electrons. The van der Waals surface area contributed by atoms with Crippen molar-refractivity contribution in [3.05, 3.63) is 12.2 Å². The van der Waals surface area contributed by atoms with E-state index in [1.54, 1.807) is 0 Å². The standard InChI is InChI=1S/C11H18/c1-7-5-9-6-10(8(7)2)11(9,3)4/h7,9-10H,2,5-6H2,1,3-4H3/t7?,9-,10-/m1/s1. The Balaban J connectivity index is 2.23. The summed E-state index contributed by atoms with van der Waals surface area (Å²) in [5.41, 5.74) is 2.11. The molecular formula is C11H18. The van der Waals surface area contributed by atoms with Crippen LogP contribution in [0.25, 0.3) is 0 Å². The number of hydrogen-bond donors (Lipinski definition) is 0. The Morgan fingerprint density at radius 2 is 2.00 bits per heavy atom. The molecule has 0 N–H and O–H groups in total. The molecule has 0 aromatic rings. The van der Waals surface area contributed by atoms with Crippen LogP contribution in [0.15, 0.2) is 12.2 Å². The van der Waals surface area contributed by atoms with Crippen LogP contribution in [0, 0.1) is 23.2 Å². The predicted molar refractivity (Wildman–Crippen MR) is 48.3 cm³/mol. The van der Waals surface area contributed by atoms with Crippen LogP contribution in [0.4, 0.5) is 0 Å². The van der Waals surface area contributed by atoms with Crippen molar-refractivity contribution in [2.45, 2.75) is 33.6 Å². The lowest BCUT2D eigenvalue weighted by molar-refractivity contribution is -0.0438. The highest BCUT2D eigenvalue weighted by Gasteiger charge is 2.53. The van der Waals surface area contributed by atoms with Gasteiger partial charge in [-0.15, -0.1) is 0 Å². The molecule has 0 amide bonds. The number of allylic oxidation sites excluding steroid dienone is 1. The van der Waals surface area contributed by atoms with E-state index in [0.29, 0.717) is 5.41 Å². The predicted octanol–water partition coefficient (Wildman–Crippen LogP) is 3.24. The smallest absolute Gasteiger partial charge is 0.0146 e. The fourth-order valence-corrected chi connectivity index (χ4v) is 2.97. The fraction of sp³-hybridized carbons (Fsp3) is 0.818. The highest BCUT2D eigenvalue weighted by Crippen LogP contribution is 2.62. The minimum atomic E-state index is 0.587. The molecule has 0 saturated heterocycles. The zero-order valence-corrected chi connectivity index (χ0v) is 7.85. The summed E-state index contributed by atoms with van der Waals surface area (Å²) in [6.07, 6.45) is 2.82. The van der Waals surface area contributed by atoms with E-state index in [-0.39, 0.29) is 0 Å². The third kappa shape index (κ3) is 0.758. The van der Waals surface area contributed by atoms with Crippen LogP contribution in [-0.4, -0.2) is 0 Å². The molecule has 0 nitrogen and oxygen atoms in total. The number of hydrogen-bond acceptors (Lipinski definition) is 0. The normalized spacial score (nSPS) is 46.8. The summed E-state index contributed by atoms with van der Waals surface area (Å²) < 4.78 is 0. The minimum Gasteiger partial charge on any atom is -0.0993 e. The van der Waals surface area contributed by atoms with Gasteiger partial charge in [-0.05, 0) is 36.0 Å². The second-order valence-electron chi connectivity index (χ2n) is 5.02. The molecule has 3 atom stereocenters. The van der Waals surface area contributed by atoms with E-state index in [2.05, 4.69) is 27.4 Å². The molecule has 0 aliphatic heterocycles. The van der Waals surface area contributed by atoms with Gasteiger partial charge in [0.2, 0.25) is 0 Å². The Morgan fingerprint density at radius 3 is 2.36 bits per heavy atom. The van der Waals surface area contributed by atoms with Crippen LogP contribution in [0.1, 0.15) is 33.6 Å². The van der Waals surface area contributed by atoms with Gasteiger partial charge in [0.05, 0.1) is 0 Å². The van der Waals surface area contributed by atoms with Crippen molar-refractivity contribution in [3.8, 4) is 0 Å². The Kier molecular flexibility index (Phi) is 1.28. The van der Waals surface area contributed by atoms with Crippen molar-refractivity contribution in [1.29, 1.82) is 0 Å². The quantitative estimate of drug-likeness (QED) is 0.465. The largest absolute Gasteiger partial charge is 0.0993 e. The lowest BCUT2D eigenvalue weighted by atomic mass is 9.45. The molecule has 0 heterocycles. The molecule has 11 heavy (non-hydrogen) atoms. The highest BCUT2D eigenvalue weighted by molar-refractivity contribution is 5.21. The van der Waals surface area contributed by atoms with Crippen molar-refractivity contribution in [3.63, 3.8) is 0 Å². The maximum Gasteiger partial charge on any atom is -0.0146 e. The maximum atomic E-state index is 4.21. The van der Waals surface area contributed by atoms with Crippen LogP contribution in [0.3, 0.4) is 0 Å². The van der Waals surface area contributed by atoms with Crippen LogP contribution in [0.5, 0.6) is 0 Å². The van der Waals surface area contributed by atoms with E-state index in [0.717, 1.165) is 17.8 Å². The lowest BCUT2D eigenvalue weighted by Gasteiger charge is -2.59. The van der Waals surface area contributed by atoms with Crippen molar-refractivity contribution in [2.75, 3.05) is 0 Å². The van der Waals surface area contributed by atoms with Crippen molar-refractivity contribution >= 4 is 0 Å². The fourth-order valence-electron chi connectivity index (χ4n) is 2.97. The van der Waals surface area contributed by atoms with Gasteiger partial charge in [0, 0.05) is 0 Å². The van der Waals surface area contributed by atoms with Crippen molar-refractivity contribution in [1.82, 2.24) is 0 Å². The van der Waals surface area contributed by atoms with E-state index in [1.807, 2.05) is 0 Å². The third-order valence-corrected chi connectivity index (χ3v) is 4.19. The molecule has 3 fully saturated rings. The van der Waals surface area contributed by atoms with Gasteiger partial charge in [0.1, 0.15) is 0 Å². The summed E-state index contributed by atoms with van der Waals surface area (Å²) in [7, 11) is 0. The third-order valence-electron chi connectivity index (χ3n) is 4.19. The second kappa shape index (κ2) is 1.91. The second-order valence-corrected chi connectivity index (χ2v) is 5.02. The molecule has 1 unspecified atom stereocenters. The summed E-state index contributed by atoms with van der Waals surface area (Å²) in [5, 5.41) is 0. The summed E-state index contributed by atoms with van der Waals surface area (Å²) >= 11 is 0. The molecule has 3 aliphatic rings. The van der Waals surface area contributed by atoms with Gasteiger partial charge >= 0.3 is 0 Å². The SMILES string of the molecule is C=C1C(C)C[C@@H]2C[C@H]1C2(C)C. The van der Waals surface area contributed by atoms with Crippen LogP contribution < -0.4 is 0 Å². The van der Waals surface area contributed by atoms with Crippen LogP contribution >= 0.6 is 0 Å². The van der Waals surface area contributed by atoms with Gasteiger partial charge < -0.3 is 0 Å². The van der Waals surface area contributed by atoms with E-state index < -0.39 is 0 Å². The average molecular weight is 150 g/mol. The zero-order chi connectivity index (χ0) is 8.22. The minimum absolute atomic E-state index is 0.587. The van der Waals surface area contributed by atoms with Crippen molar-refractivity contribution < 1.29 is 0 Å². The number of fused-ring (bicyclic) bond motifs is 2. The summed E-state index contributed by atoms with van der Waals surface area (Å²) in [6.45, 7) is 11.4. The maximum absolute atomic E-state index is 4.21. The number of rotatable bonds is 0. The Labute approximate surface area is 69.7 Å². The van der Waals surface area contributed by atoms with Gasteiger partial charge in [0.15, 0.2) is 0 Å². The monoisotopic (exact) mass is 150 g/mol. The highest BCUT2D eigenvalue weighted by atomic mass is 14.6. The zero-order valence-electron chi connectivity index (χ0n) is 7.85. The lowest BCUT2D eigenvalue weighted by Crippen LogP contribution is -2.51. The first-order valence-corrected chi connectivity index (χ1v) is 4.72. The van der Waals surface area contributed by atoms with Crippen LogP contribution in [0.2, 0.25) is 0 Å². The average Bonchev–Trinajstić information content (AvgIpc) is 1.93. The first kappa shape index (κ1) is 7.39. The molecule has 3 saturated carbocycles. The summed E-state index contributed by atoms with van der Waals surface area (Å²) in [5.74, 6) is 2.64. The van der Waals surface area contributed by atoms with Gasteiger partial charge in [-0.1, -0.05) is 32.9 Å². The Bertz CT molecular complexity index is 200. The van der Waals surface area contributed by atoms with Gasteiger partial charge in [-0.2, -0.15) is 0 Å². The van der Waals surface area contributed by atoms with Gasteiger partial charge in [0.25, 0.3) is 0 Å². The molecule has 0 spiro atoms. The van der Waals surface area contributed by atoms with E-state index >= 15 is 0 Å². The van der Waals surface area contributed by atoms with E-state index in [4.69, 9.17) is 0 Å². The van der Waals surface area contributed by atoms with Gasteiger partial charge in [-0.25, -0.2) is 0 Å². The van der Waals surface area contributed by atoms with Gasteiger partial charge in [-0.3, -0.25) is 0 Å². The Morgan fingerprint density at radius 1 is 1.36 bits per heavy atom. The molecule has 0 aromatic carbocycles. The Hall–Kier alpha value is -0.260.